The summed E-state index contributed by atoms with van der Waals surface area (Å²) in [6.45, 7) is 5.73. The highest BCUT2D eigenvalue weighted by Gasteiger charge is 2.12. The van der Waals surface area contributed by atoms with Crippen molar-refractivity contribution in [1.29, 1.82) is 0 Å². The van der Waals surface area contributed by atoms with E-state index in [1.54, 1.807) is 0 Å². The third-order valence-electron chi connectivity index (χ3n) is 4.10. The highest BCUT2D eigenvalue weighted by atomic mass is 15.0. The molecular formula is C16H22N2. The van der Waals surface area contributed by atoms with Crippen LogP contribution < -0.4 is 5.32 Å². The van der Waals surface area contributed by atoms with Gasteiger partial charge < -0.3 is 9.88 Å². The molecule has 1 aromatic heterocycles. The van der Waals surface area contributed by atoms with E-state index in [-0.39, 0.29) is 0 Å². The molecule has 1 aliphatic rings. The molecule has 0 saturated carbocycles. The number of aryl methyl sites for hydroxylation is 2. The van der Waals surface area contributed by atoms with E-state index in [9.17, 15) is 0 Å². The molecule has 0 spiro atoms. The molecule has 1 unspecified atom stereocenters. The third kappa shape index (κ3) is 2.44. The molecule has 0 radical (unpaired) electrons. The predicted molar refractivity (Wildman–Crippen MR) is 76.9 cm³/mol. The first-order valence-corrected chi connectivity index (χ1v) is 7.09. The fraction of sp³-hybridized carbons (Fsp3) is 0.500. The maximum Gasteiger partial charge on any atom is 0.0480 e. The lowest BCUT2D eigenvalue weighted by Crippen LogP contribution is -2.30. The zero-order valence-corrected chi connectivity index (χ0v) is 11.2. The van der Waals surface area contributed by atoms with Crippen molar-refractivity contribution in [2.45, 2.75) is 32.7 Å². The van der Waals surface area contributed by atoms with Crippen molar-refractivity contribution in [3.63, 3.8) is 0 Å². The number of fused-ring (bicyclic) bond motifs is 1. The normalized spacial score (nSPS) is 20.4. The van der Waals surface area contributed by atoms with Crippen molar-refractivity contribution in [3.8, 4) is 0 Å². The summed E-state index contributed by atoms with van der Waals surface area (Å²) in [5.41, 5.74) is 2.72. The molecule has 1 fully saturated rings. The summed E-state index contributed by atoms with van der Waals surface area (Å²) >= 11 is 0. The number of benzene rings is 1. The standard InChI is InChI=1S/C16H22N2/c1-13-4-5-16-15(11-13)7-10-18(16)9-6-14-3-2-8-17-12-14/h4-5,7,10-11,14,17H,2-3,6,8-9,12H2,1H3. The summed E-state index contributed by atoms with van der Waals surface area (Å²) < 4.78 is 2.41. The number of piperidine rings is 1. The molecule has 0 aliphatic carbocycles. The van der Waals surface area contributed by atoms with E-state index in [1.165, 1.54) is 48.8 Å². The predicted octanol–water partition coefficient (Wildman–Crippen LogP) is 3.34. The van der Waals surface area contributed by atoms with Crippen molar-refractivity contribution in [1.82, 2.24) is 9.88 Å². The molecule has 2 heterocycles. The summed E-state index contributed by atoms with van der Waals surface area (Å²) in [6, 6.07) is 8.97. The van der Waals surface area contributed by atoms with E-state index in [0.717, 1.165) is 12.5 Å². The van der Waals surface area contributed by atoms with Gasteiger partial charge >= 0.3 is 0 Å². The van der Waals surface area contributed by atoms with Crippen LogP contribution in [-0.2, 0) is 6.54 Å². The van der Waals surface area contributed by atoms with Crippen LogP contribution in [0.1, 0.15) is 24.8 Å². The molecule has 1 N–H and O–H groups in total. The average Bonchev–Trinajstić information content (AvgIpc) is 2.80. The van der Waals surface area contributed by atoms with Crippen LogP contribution in [-0.4, -0.2) is 17.7 Å². The van der Waals surface area contributed by atoms with Gasteiger partial charge in [-0.1, -0.05) is 11.6 Å². The highest BCUT2D eigenvalue weighted by molar-refractivity contribution is 5.80. The largest absolute Gasteiger partial charge is 0.347 e. The quantitative estimate of drug-likeness (QED) is 0.873. The maximum atomic E-state index is 3.50. The van der Waals surface area contributed by atoms with Crippen LogP contribution in [0.2, 0.25) is 0 Å². The van der Waals surface area contributed by atoms with E-state index in [4.69, 9.17) is 0 Å². The molecule has 3 rings (SSSR count). The van der Waals surface area contributed by atoms with E-state index in [2.05, 4.69) is 47.3 Å². The Labute approximate surface area is 109 Å². The molecule has 96 valence electrons. The van der Waals surface area contributed by atoms with Gasteiger partial charge in [0.1, 0.15) is 0 Å². The molecule has 1 saturated heterocycles. The topological polar surface area (TPSA) is 17.0 Å². The molecule has 2 aromatic rings. The molecule has 2 heteroatoms. The maximum absolute atomic E-state index is 3.50. The van der Waals surface area contributed by atoms with Gasteiger partial charge in [0, 0.05) is 18.3 Å². The summed E-state index contributed by atoms with van der Waals surface area (Å²) in [4.78, 5) is 0. The van der Waals surface area contributed by atoms with Crippen molar-refractivity contribution in [2.75, 3.05) is 13.1 Å². The van der Waals surface area contributed by atoms with Crippen LogP contribution in [0.3, 0.4) is 0 Å². The Bertz CT molecular complexity index is 521. The fourth-order valence-corrected chi connectivity index (χ4v) is 3.01. The van der Waals surface area contributed by atoms with E-state index >= 15 is 0 Å². The van der Waals surface area contributed by atoms with E-state index in [1.807, 2.05) is 0 Å². The van der Waals surface area contributed by atoms with E-state index < -0.39 is 0 Å². The number of hydrogen-bond donors (Lipinski definition) is 1. The lowest BCUT2D eigenvalue weighted by atomic mass is 9.96. The zero-order valence-electron chi connectivity index (χ0n) is 11.2. The minimum Gasteiger partial charge on any atom is -0.347 e. The fourth-order valence-electron chi connectivity index (χ4n) is 3.01. The Kier molecular flexibility index (Phi) is 3.37. The van der Waals surface area contributed by atoms with Gasteiger partial charge in [0.15, 0.2) is 0 Å². The minimum atomic E-state index is 0.863. The van der Waals surface area contributed by atoms with Crippen LogP contribution in [0, 0.1) is 12.8 Å². The van der Waals surface area contributed by atoms with Gasteiger partial charge in [0.05, 0.1) is 0 Å². The molecule has 1 atom stereocenters. The first-order chi connectivity index (χ1) is 8.83. The first-order valence-electron chi connectivity index (χ1n) is 7.09. The lowest BCUT2D eigenvalue weighted by Gasteiger charge is -2.22. The zero-order chi connectivity index (χ0) is 12.4. The third-order valence-corrected chi connectivity index (χ3v) is 4.10. The van der Waals surface area contributed by atoms with Crippen LogP contribution in [0.25, 0.3) is 10.9 Å². The first kappa shape index (κ1) is 11.8. The number of nitrogens with one attached hydrogen (secondary N) is 1. The van der Waals surface area contributed by atoms with Crippen molar-refractivity contribution in [3.05, 3.63) is 36.0 Å². The minimum absolute atomic E-state index is 0.863. The van der Waals surface area contributed by atoms with Crippen molar-refractivity contribution < 1.29 is 0 Å². The monoisotopic (exact) mass is 242 g/mol. The van der Waals surface area contributed by atoms with Crippen LogP contribution in [0.15, 0.2) is 30.5 Å². The Morgan fingerprint density at radius 3 is 3.11 bits per heavy atom. The Hall–Kier alpha value is -1.28. The summed E-state index contributed by atoms with van der Waals surface area (Å²) in [7, 11) is 0. The summed E-state index contributed by atoms with van der Waals surface area (Å²) in [6.07, 6.45) is 6.27. The second-order valence-electron chi connectivity index (χ2n) is 5.57. The SMILES string of the molecule is Cc1ccc2c(ccn2CCC2CCCNC2)c1. The molecule has 2 nitrogen and oxygen atoms in total. The number of hydrogen-bond acceptors (Lipinski definition) is 1. The molecular weight excluding hydrogens is 220 g/mol. The van der Waals surface area contributed by atoms with Crippen molar-refractivity contribution in [2.24, 2.45) is 5.92 Å². The van der Waals surface area contributed by atoms with Crippen LogP contribution >= 0.6 is 0 Å². The van der Waals surface area contributed by atoms with Gasteiger partial charge in [-0.05, 0) is 68.8 Å². The number of aromatic nitrogens is 1. The van der Waals surface area contributed by atoms with Gasteiger partial charge in [-0.15, -0.1) is 0 Å². The second-order valence-corrected chi connectivity index (χ2v) is 5.57. The molecule has 18 heavy (non-hydrogen) atoms. The number of nitrogens with zero attached hydrogens (tertiary/aromatic N) is 1. The molecule has 1 aliphatic heterocycles. The highest BCUT2D eigenvalue weighted by Crippen LogP contribution is 2.20. The lowest BCUT2D eigenvalue weighted by molar-refractivity contribution is 0.343. The van der Waals surface area contributed by atoms with Crippen LogP contribution in [0.5, 0.6) is 0 Å². The summed E-state index contributed by atoms with van der Waals surface area (Å²) in [5, 5.41) is 4.87. The van der Waals surface area contributed by atoms with E-state index in [0.29, 0.717) is 0 Å². The molecule has 1 aromatic carbocycles. The van der Waals surface area contributed by atoms with Crippen LogP contribution in [0.4, 0.5) is 0 Å². The van der Waals surface area contributed by atoms with Gasteiger partial charge in [-0.25, -0.2) is 0 Å². The molecule has 0 bridgehead atoms. The Morgan fingerprint density at radius 1 is 1.33 bits per heavy atom. The smallest absolute Gasteiger partial charge is 0.0480 e. The Morgan fingerprint density at radius 2 is 2.28 bits per heavy atom. The van der Waals surface area contributed by atoms with Gasteiger partial charge in [0.25, 0.3) is 0 Å². The van der Waals surface area contributed by atoms with Crippen molar-refractivity contribution >= 4 is 10.9 Å². The van der Waals surface area contributed by atoms with Gasteiger partial charge in [-0.2, -0.15) is 0 Å². The van der Waals surface area contributed by atoms with Gasteiger partial charge in [0.2, 0.25) is 0 Å². The second kappa shape index (κ2) is 5.15. The molecule has 0 amide bonds. The average molecular weight is 242 g/mol. The van der Waals surface area contributed by atoms with Gasteiger partial charge in [-0.3, -0.25) is 0 Å². The number of rotatable bonds is 3. The Balaban J connectivity index is 1.70. The summed E-state index contributed by atoms with van der Waals surface area (Å²) in [5.74, 6) is 0.863.